The predicted octanol–water partition coefficient (Wildman–Crippen LogP) is 5.45. The number of anilines is 1. The van der Waals surface area contributed by atoms with E-state index < -0.39 is 0 Å². The monoisotopic (exact) mass is 371 g/mol. The highest BCUT2D eigenvalue weighted by Crippen LogP contribution is 2.26. The average molecular weight is 372 g/mol. The lowest BCUT2D eigenvalue weighted by Gasteiger charge is -2.03. The zero-order valence-electron chi connectivity index (χ0n) is 13.8. The van der Waals surface area contributed by atoms with Crippen molar-refractivity contribution in [2.24, 2.45) is 0 Å². The van der Waals surface area contributed by atoms with Gasteiger partial charge in [-0.25, -0.2) is 9.97 Å². The standard InChI is InChI=1S/C19H18ClN3OS/c1-2-3-5-13-7-9-14(10-8-13)16-12-25-19(22-16)23-18(24)15-6-4-11-21-17(15)20/h4,6-12H,2-3,5H2,1H3,(H,22,23,24). The summed E-state index contributed by atoms with van der Waals surface area (Å²) >= 11 is 7.33. The first-order chi connectivity index (χ1) is 12.2. The number of thiazole rings is 1. The van der Waals surface area contributed by atoms with Crippen LogP contribution < -0.4 is 5.32 Å². The third kappa shape index (κ3) is 4.44. The highest BCUT2D eigenvalue weighted by Gasteiger charge is 2.13. The van der Waals surface area contributed by atoms with Crippen LogP contribution in [0.4, 0.5) is 5.13 Å². The fourth-order valence-corrected chi connectivity index (χ4v) is 3.33. The molecular formula is C19H18ClN3OS. The molecule has 0 saturated heterocycles. The molecular weight excluding hydrogens is 354 g/mol. The van der Waals surface area contributed by atoms with Crippen LogP contribution >= 0.6 is 22.9 Å². The van der Waals surface area contributed by atoms with Gasteiger partial charge in [-0.2, -0.15) is 0 Å². The Bertz CT molecular complexity index is 861. The fourth-order valence-electron chi connectivity index (χ4n) is 2.41. The number of halogens is 1. The molecule has 0 saturated carbocycles. The molecule has 0 aliphatic rings. The second-order valence-corrected chi connectivity index (χ2v) is 6.85. The molecule has 25 heavy (non-hydrogen) atoms. The Hall–Kier alpha value is -2.24. The normalized spacial score (nSPS) is 10.6. The lowest BCUT2D eigenvalue weighted by atomic mass is 10.1. The third-order valence-electron chi connectivity index (χ3n) is 3.80. The topological polar surface area (TPSA) is 54.9 Å². The molecule has 0 radical (unpaired) electrons. The van der Waals surface area contributed by atoms with Gasteiger partial charge in [0.1, 0.15) is 5.15 Å². The van der Waals surface area contributed by atoms with Crippen molar-refractivity contribution < 1.29 is 4.79 Å². The van der Waals surface area contributed by atoms with Crippen molar-refractivity contribution in [2.45, 2.75) is 26.2 Å². The number of nitrogens with one attached hydrogen (secondary N) is 1. The number of hydrogen-bond donors (Lipinski definition) is 1. The maximum absolute atomic E-state index is 12.3. The lowest BCUT2D eigenvalue weighted by Crippen LogP contribution is -2.12. The minimum absolute atomic E-state index is 0.180. The molecule has 1 N–H and O–H groups in total. The third-order valence-corrected chi connectivity index (χ3v) is 4.86. The number of rotatable bonds is 6. The molecule has 0 fully saturated rings. The van der Waals surface area contributed by atoms with Gasteiger partial charge >= 0.3 is 0 Å². The SMILES string of the molecule is CCCCc1ccc(-c2csc(NC(=O)c3cccnc3Cl)n2)cc1. The molecule has 0 bridgehead atoms. The second-order valence-electron chi connectivity index (χ2n) is 5.63. The minimum atomic E-state index is -0.311. The van der Waals surface area contributed by atoms with Crippen LogP contribution in [0.15, 0.2) is 48.0 Å². The summed E-state index contributed by atoms with van der Waals surface area (Å²) in [5.41, 5.74) is 3.55. The Morgan fingerprint density at radius 2 is 2.04 bits per heavy atom. The van der Waals surface area contributed by atoms with Gasteiger partial charge in [-0.1, -0.05) is 49.2 Å². The van der Waals surface area contributed by atoms with Crippen LogP contribution in [-0.2, 0) is 6.42 Å². The average Bonchev–Trinajstić information content (AvgIpc) is 3.09. The molecule has 2 aromatic heterocycles. The van der Waals surface area contributed by atoms with Crippen LogP contribution in [0, 0.1) is 0 Å². The quantitative estimate of drug-likeness (QED) is 0.586. The molecule has 3 rings (SSSR count). The van der Waals surface area contributed by atoms with Crippen LogP contribution in [0.25, 0.3) is 11.3 Å². The van der Waals surface area contributed by atoms with Crippen LogP contribution in [0.1, 0.15) is 35.7 Å². The summed E-state index contributed by atoms with van der Waals surface area (Å²) in [4.78, 5) is 20.7. The van der Waals surface area contributed by atoms with Gasteiger partial charge in [-0.05, 0) is 30.5 Å². The van der Waals surface area contributed by atoms with Crippen molar-refractivity contribution in [1.82, 2.24) is 9.97 Å². The molecule has 6 heteroatoms. The lowest BCUT2D eigenvalue weighted by molar-refractivity contribution is 0.102. The van der Waals surface area contributed by atoms with Gasteiger partial charge in [0.25, 0.3) is 5.91 Å². The molecule has 2 heterocycles. The van der Waals surface area contributed by atoms with Crippen molar-refractivity contribution >= 4 is 34.0 Å². The summed E-state index contributed by atoms with van der Waals surface area (Å²) in [5.74, 6) is -0.311. The Kier molecular flexibility index (Phi) is 5.79. The van der Waals surface area contributed by atoms with Crippen molar-refractivity contribution in [3.63, 3.8) is 0 Å². The molecule has 4 nitrogen and oxygen atoms in total. The fraction of sp³-hybridized carbons (Fsp3) is 0.211. The van der Waals surface area contributed by atoms with Gasteiger partial charge in [0.15, 0.2) is 5.13 Å². The van der Waals surface area contributed by atoms with E-state index in [1.165, 1.54) is 29.7 Å². The Labute approximate surface area is 155 Å². The van der Waals surface area contributed by atoms with Crippen molar-refractivity contribution in [3.05, 3.63) is 64.3 Å². The van der Waals surface area contributed by atoms with Crippen LogP contribution in [0.2, 0.25) is 5.15 Å². The summed E-state index contributed by atoms with van der Waals surface area (Å²) < 4.78 is 0. The molecule has 3 aromatic rings. The Balaban J connectivity index is 1.70. The van der Waals surface area contributed by atoms with Crippen LogP contribution in [0.5, 0.6) is 0 Å². The van der Waals surface area contributed by atoms with E-state index in [9.17, 15) is 4.79 Å². The molecule has 0 atom stereocenters. The highest BCUT2D eigenvalue weighted by atomic mass is 35.5. The first-order valence-electron chi connectivity index (χ1n) is 8.14. The summed E-state index contributed by atoms with van der Waals surface area (Å²) in [6, 6.07) is 11.7. The van der Waals surface area contributed by atoms with E-state index >= 15 is 0 Å². The van der Waals surface area contributed by atoms with Crippen molar-refractivity contribution in [3.8, 4) is 11.3 Å². The van der Waals surface area contributed by atoms with Gasteiger partial charge in [-0.3, -0.25) is 10.1 Å². The molecule has 128 valence electrons. The summed E-state index contributed by atoms with van der Waals surface area (Å²) in [5, 5.41) is 5.42. The molecule has 1 amide bonds. The molecule has 0 spiro atoms. The van der Waals surface area contributed by atoms with Gasteiger partial charge in [0.2, 0.25) is 0 Å². The molecule has 0 aliphatic carbocycles. The van der Waals surface area contributed by atoms with E-state index in [2.05, 4.69) is 46.5 Å². The summed E-state index contributed by atoms with van der Waals surface area (Å²) in [6.45, 7) is 2.19. The zero-order valence-corrected chi connectivity index (χ0v) is 15.4. The number of carbonyl (C=O) groups excluding carboxylic acids is 1. The number of aryl methyl sites for hydroxylation is 1. The van der Waals surface area contributed by atoms with Gasteiger partial charge < -0.3 is 0 Å². The Morgan fingerprint density at radius 1 is 1.24 bits per heavy atom. The van der Waals surface area contributed by atoms with E-state index in [0.717, 1.165) is 17.7 Å². The number of pyridine rings is 1. The zero-order chi connectivity index (χ0) is 17.6. The van der Waals surface area contributed by atoms with Gasteiger partial charge in [0.05, 0.1) is 11.3 Å². The van der Waals surface area contributed by atoms with Crippen LogP contribution in [0.3, 0.4) is 0 Å². The predicted molar refractivity (Wildman–Crippen MR) is 103 cm³/mol. The van der Waals surface area contributed by atoms with Gasteiger partial charge in [-0.15, -0.1) is 11.3 Å². The number of benzene rings is 1. The highest BCUT2D eigenvalue weighted by molar-refractivity contribution is 7.14. The number of carbonyl (C=O) groups is 1. The number of hydrogen-bond acceptors (Lipinski definition) is 4. The van der Waals surface area contributed by atoms with Crippen molar-refractivity contribution in [1.29, 1.82) is 0 Å². The van der Waals surface area contributed by atoms with Crippen molar-refractivity contribution in [2.75, 3.05) is 5.32 Å². The number of amides is 1. The van der Waals surface area contributed by atoms with E-state index in [0.29, 0.717) is 10.7 Å². The number of nitrogens with zero attached hydrogens (tertiary/aromatic N) is 2. The molecule has 0 unspecified atom stereocenters. The number of unbranched alkanes of at least 4 members (excludes halogenated alkanes) is 1. The van der Waals surface area contributed by atoms with Crippen LogP contribution in [-0.4, -0.2) is 15.9 Å². The minimum Gasteiger partial charge on any atom is -0.298 e. The number of aromatic nitrogens is 2. The maximum atomic E-state index is 12.3. The first-order valence-corrected chi connectivity index (χ1v) is 9.40. The van der Waals surface area contributed by atoms with E-state index in [4.69, 9.17) is 11.6 Å². The summed E-state index contributed by atoms with van der Waals surface area (Å²) in [6.07, 6.45) is 5.03. The van der Waals surface area contributed by atoms with E-state index in [1.54, 1.807) is 18.3 Å². The maximum Gasteiger partial charge on any atom is 0.260 e. The summed E-state index contributed by atoms with van der Waals surface area (Å²) in [7, 11) is 0. The second kappa shape index (κ2) is 8.23. The van der Waals surface area contributed by atoms with E-state index in [-0.39, 0.29) is 11.1 Å². The van der Waals surface area contributed by atoms with E-state index in [1.807, 2.05) is 5.38 Å². The Morgan fingerprint density at radius 3 is 2.76 bits per heavy atom. The van der Waals surface area contributed by atoms with Gasteiger partial charge in [0, 0.05) is 17.1 Å². The molecule has 0 aliphatic heterocycles. The largest absolute Gasteiger partial charge is 0.298 e. The first kappa shape index (κ1) is 17.6. The smallest absolute Gasteiger partial charge is 0.260 e. The molecule has 1 aromatic carbocycles.